The number of aliphatic hydroxyl groups is 1. The van der Waals surface area contributed by atoms with Crippen molar-refractivity contribution >= 4 is 17.4 Å². The van der Waals surface area contributed by atoms with Crippen LogP contribution < -0.4 is 11.1 Å². The van der Waals surface area contributed by atoms with Gasteiger partial charge in [-0.25, -0.2) is 0 Å². The number of hydrogen-bond acceptors (Lipinski definition) is 4. The maximum atomic E-state index is 12.1. The van der Waals surface area contributed by atoms with Crippen LogP contribution in [0.4, 0.5) is 5.69 Å². The van der Waals surface area contributed by atoms with E-state index in [1.165, 1.54) is 0 Å². The number of aliphatic hydroxyl groups excluding tert-OH is 1. The van der Waals surface area contributed by atoms with Crippen LogP contribution in [0, 0.1) is 0 Å². The van der Waals surface area contributed by atoms with Gasteiger partial charge in [-0.3, -0.25) is 9.59 Å². The average molecular weight is 367 g/mol. The van der Waals surface area contributed by atoms with E-state index in [0.717, 1.165) is 61.3 Å². The zero-order valence-electron chi connectivity index (χ0n) is 15.3. The van der Waals surface area contributed by atoms with E-state index >= 15 is 0 Å². The van der Waals surface area contributed by atoms with Crippen LogP contribution in [0.25, 0.3) is 11.3 Å². The number of amides is 1. The second-order valence-electron chi connectivity index (χ2n) is 7.56. The van der Waals surface area contributed by atoms with Crippen molar-refractivity contribution in [1.82, 2.24) is 4.57 Å². The molecule has 4 N–H and O–H groups in total. The van der Waals surface area contributed by atoms with Crippen molar-refractivity contribution in [1.29, 1.82) is 0 Å². The Labute approximate surface area is 158 Å². The SMILES string of the molecule is NC(=O)c1ccc(-c2ccc3n2CCCC3=O)cc1NC1CCC(O)CC1. The zero-order chi connectivity index (χ0) is 19.0. The second-order valence-corrected chi connectivity index (χ2v) is 7.56. The van der Waals surface area contributed by atoms with E-state index in [1.54, 1.807) is 6.07 Å². The highest BCUT2D eigenvalue weighted by atomic mass is 16.3. The first-order chi connectivity index (χ1) is 13.0. The first-order valence-corrected chi connectivity index (χ1v) is 9.64. The molecular weight excluding hydrogens is 342 g/mol. The maximum absolute atomic E-state index is 12.1. The van der Waals surface area contributed by atoms with E-state index in [-0.39, 0.29) is 17.9 Å². The van der Waals surface area contributed by atoms with Crippen molar-refractivity contribution in [2.24, 2.45) is 5.73 Å². The molecule has 0 atom stereocenters. The Morgan fingerprint density at radius 3 is 2.59 bits per heavy atom. The van der Waals surface area contributed by atoms with Gasteiger partial charge in [-0.15, -0.1) is 0 Å². The van der Waals surface area contributed by atoms with Crippen molar-refractivity contribution < 1.29 is 14.7 Å². The van der Waals surface area contributed by atoms with Crippen LogP contribution in [-0.4, -0.2) is 33.5 Å². The summed E-state index contributed by atoms with van der Waals surface area (Å²) in [6.45, 7) is 0.824. The van der Waals surface area contributed by atoms with Crippen molar-refractivity contribution in [2.45, 2.75) is 57.2 Å². The first-order valence-electron chi connectivity index (χ1n) is 9.64. The second kappa shape index (κ2) is 7.19. The number of nitrogens with zero attached hydrogens (tertiary/aromatic N) is 1. The maximum Gasteiger partial charge on any atom is 0.250 e. The molecule has 27 heavy (non-hydrogen) atoms. The normalized spacial score (nSPS) is 22.3. The van der Waals surface area contributed by atoms with Crippen molar-refractivity contribution in [3.63, 3.8) is 0 Å². The minimum absolute atomic E-state index is 0.181. The lowest BCUT2D eigenvalue weighted by Crippen LogP contribution is -2.29. The molecular formula is C21H25N3O3. The summed E-state index contributed by atoms with van der Waals surface area (Å²) in [5, 5.41) is 13.2. The fraction of sp³-hybridized carbons (Fsp3) is 0.429. The highest BCUT2D eigenvalue weighted by Crippen LogP contribution is 2.31. The van der Waals surface area contributed by atoms with Gasteiger partial charge in [0.25, 0.3) is 5.91 Å². The molecule has 0 unspecified atom stereocenters. The number of Topliss-reactive ketones (excluding diaryl/α,β-unsaturated/α-hetero) is 1. The minimum atomic E-state index is -0.465. The number of carbonyl (C=O) groups is 2. The van der Waals surface area contributed by atoms with Crippen LogP contribution in [0.1, 0.15) is 59.4 Å². The molecule has 2 heterocycles. The molecule has 6 nitrogen and oxygen atoms in total. The molecule has 1 aliphatic heterocycles. The first kappa shape index (κ1) is 17.8. The molecule has 0 spiro atoms. The number of fused-ring (bicyclic) bond motifs is 1. The Hall–Kier alpha value is -2.60. The Morgan fingerprint density at radius 2 is 1.85 bits per heavy atom. The Morgan fingerprint density at radius 1 is 1.11 bits per heavy atom. The van der Waals surface area contributed by atoms with Crippen LogP contribution in [0.3, 0.4) is 0 Å². The van der Waals surface area contributed by atoms with Crippen LogP contribution in [0.5, 0.6) is 0 Å². The van der Waals surface area contributed by atoms with E-state index in [4.69, 9.17) is 5.73 Å². The van der Waals surface area contributed by atoms with Gasteiger partial charge in [-0.1, -0.05) is 6.07 Å². The van der Waals surface area contributed by atoms with E-state index in [1.807, 2.05) is 24.3 Å². The molecule has 1 aromatic carbocycles. The van der Waals surface area contributed by atoms with Gasteiger partial charge in [-0.05, 0) is 56.4 Å². The topological polar surface area (TPSA) is 97.4 Å². The number of rotatable bonds is 4. The summed E-state index contributed by atoms with van der Waals surface area (Å²) in [5.74, 6) is -0.285. The van der Waals surface area contributed by atoms with Gasteiger partial charge in [0.2, 0.25) is 0 Å². The Balaban J connectivity index is 1.67. The molecule has 0 bridgehead atoms. The third-order valence-electron chi connectivity index (χ3n) is 5.69. The number of benzene rings is 1. The van der Waals surface area contributed by atoms with Gasteiger partial charge in [0.05, 0.1) is 17.4 Å². The number of primary amides is 1. The van der Waals surface area contributed by atoms with E-state index < -0.39 is 5.91 Å². The molecule has 2 aliphatic rings. The molecule has 1 saturated carbocycles. The van der Waals surface area contributed by atoms with Gasteiger partial charge >= 0.3 is 0 Å². The number of aromatic nitrogens is 1. The molecule has 4 rings (SSSR count). The smallest absolute Gasteiger partial charge is 0.250 e. The summed E-state index contributed by atoms with van der Waals surface area (Å²) in [5.41, 5.74) is 9.45. The van der Waals surface area contributed by atoms with Crippen LogP contribution in [0.2, 0.25) is 0 Å². The average Bonchev–Trinajstić information content (AvgIpc) is 3.09. The molecule has 0 radical (unpaired) electrons. The fourth-order valence-corrected chi connectivity index (χ4v) is 4.21. The zero-order valence-corrected chi connectivity index (χ0v) is 15.3. The van der Waals surface area contributed by atoms with Gasteiger partial charge in [-0.2, -0.15) is 0 Å². The molecule has 2 aromatic rings. The van der Waals surface area contributed by atoms with E-state index in [9.17, 15) is 14.7 Å². The van der Waals surface area contributed by atoms with Gasteiger partial charge < -0.3 is 20.7 Å². The van der Waals surface area contributed by atoms with Crippen molar-refractivity contribution in [3.05, 3.63) is 41.6 Å². The quantitative estimate of drug-likeness (QED) is 0.774. The molecule has 142 valence electrons. The number of nitrogens with one attached hydrogen (secondary N) is 1. The number of hydrogen-bond donors (Lipinski definition) is 3. The van der Waals surface area contributed by atoms with Crippen LogP contribution in [-0.2, 0) is 6.54 Å². The third kappa shape index (κ3) is 3.49. The fourth-order valence-electron chi connectivity index (χ4n) is 4.21. The molecule has 6 heteroatoms. The third-order valence-corrected chi connectivity index (χ3v) is 5.69. The minimum Gasteiger partial charge on any atom is -0.393 e. The lowest BCUT2D eigenvalue weighted by atomic mass is 9.92. The lowest BCUT2D eigenvalue weighted by Gasteiger charge is -2.28. The van der Waals surface area contributed by atoms with Crippen LogP contribution in [0.15, 0.2) is 30.3 Å². The summed E-state index contributed by atoms with van der Waals surface area (Å²) < 4.78 is 2.06. The Bertz CT molecular complexity index is 879. The summed E-state index contributed by atoms with van der Waals surface area (Å²) in [6.07, 6.45) is 4.47. The van der Waals surface area contributed by atoms with Gasteiger partial charge in [0, 0.05) is 36.0 Å². The van der Waals surface area contributed by atoms with Gasteiger partial charge in [0.1, 0.15) is 0 Å². The van der Waals surface area contributed by atoms with E-state index in [0.29, 0.717) is 12.0 Å². The number of ketones is 1. The monoisotopic (exact) mass is 367 g/mol. The molecule has 1 amide bonds. The lowest BCUT2D eigenvalue weighted by molar-refractivity contribution is 0.0954. The molecule has 1 aliphatic carbocycles. The largest absolute Gasteiger partial charge is 0.393 e. The van der Waals surface area contributed by atoms with Gasteiger partial charge in [0.15, 0.2) is 5.78 Å². The predicted molar refractivity (Wildman–Crippen MR) is 104 cm³/mol. The number of carbonyl (C=O) groups excluding carboxylic acids is 2. The molecule has 1 fully saturated rings. The van der Waals surface area contributed by atoms with Crippen molar-refractivity contribution in [2.75, 3.05) is 5.32 Å². The standard InChI is InChI=1S/C21H25N3O3/c22-21(27)16-8-3-13(12-17(16)23-14-4-6-15(25)7-5-14)18-9-10-19-20(26)2-1-11-24(18)19/h3,8-10,12,14-15,23,25H,1-2,4-7,11H2,(H2,22,27). The number of nitrogens with two attached hydrogens (primary N) is 1. The number of anilines is 1. The summed E-state index contributed by atoms with van der Waals surface area (Å²) in [4.78, 5) is 24.0. The molecule has 1 aromatic heterocycles. The predicted octanol–water partition coefficient (Wildman–Crippen LogP) is 2.95. The van der Waals surface area contributed by atoms with Crippen LogP contribution >= 0.6 is 0 Å². The van der Waals surface area contributed by atoms with Crippen molar-refractivity contribution in [3.8, 4) is 11.3 Å². The summed E-state index contributed by atoms with van der Waals surface area (Å²) >= 11 is 0. The summed E-state index contributed by atoms with van der Waals surface area (Å²) in [7, 11) is 0. The highest BCUT2D eigenvalue weighted by Gasteiger charge is 2.23. The van der Waals surface area contributed by atoms with E-state index in [2.05, 4.69) is 9.88 Å². The summed E-state index contributed by atoms with van der Waals surface area (Å²) in [6, 6.07) is 9.66. The molecule has 0 saturated heterocycles. The Kier molecular flexibility index (Phi) is 4.74. The highest BCUT2D eigenvalue weighted by molar-refractivity contribution is 6.00.